The van der Waals surface area contributed by atoms with Crippen molar-refractivity contribution in [2.75, 3.05) is 12.4 Å². The molecule has 0 bridgehead atoms. The Kier molecular flexibility index (Phi) is 5.14. The fraction of sp³-hybridized carbons (Fsp3) is 0.364. The van der Waals surface area contributed by atoms with Gasteiger partial charge in [0.05, 0.1) is 6.61 Å². The molecule has 3 N–H and O–H groups in total. The van der Waals surface area contributed by atoms with E-state index in [0.29, 0.717) is 18.8 Å². The number of carboxylic acids is 1. The number of carbonyl (C=O) groups is 1. The zero-order valence-electron chi connectivity index (χ0n) is 8.80. The highest BCUT2D eigenvalue weighted by Crippen LogP contribution is 2.13. The van der Waals surface area contributed by atoms with E-state index in [9.17, 15) is 4.79 Å². The Morgan fingerprint density at radius 1 is 1.44 bits per heavy atom. The van der Waals surface area contributed by atoms with E-state index in [1.54, 1.807) is 12.1 Å². The van der Waals surface area contributed by atoms with E-state index < -0.39 is 12.0 Å². The second-order valence-corrected chi connectivity index (χ2v) is 3.81. The Hall–Kier alpha value is -1.20. The molecule has 1 aromatic rings. The van der Waals surface area contributed by atoms with Crippen LogP contribution in [0.4, 0.5) is 0 Å². The van der Waals surface area contributed by atoms with Gasteiger partial charge in [-0.2, -0.15) is 12.6 Å². The second-order valence-electron chi connectivity index (χ2n) is 3.36. The summed E-state index contributed by atoms with van der Waals surface area (Å²) in [6.45, 7) is 0.553. The van der Waals surface area contributed by atoms with Crippen molar-refractivity contribution in [3.8, 4) is 5.75 Å². The molecule has 0 spiro atoms. The predicted octanol–water partition coefficient (Wildman–Crippen LogP) is 0.950. The monoisotopic (exact) mass is 241 g/mol. The van der Waals surface area contributed by atoms with Crippen molar-refractivity contribution < 1.29 is 14.6 Å². The van der Waals surface area contributed by atoms with Gasteiger partial charge in [0.25, 0.3) is 0 Å². The number of hydrogen-bond acceptors (Lipinski definition) is 4. The molecule has 0 amide bonds. The van der Waals surface area contributed by atoms with E-state index in [1.807, 2.05) is 12.1 Å². The highest BCUT2D eigenvalue weighted by molar-refractivity contribution is 7.80. The SMILES string of the molecule is N[C@@H](Cc1ccc(OCCS)cc1)C(=O)O. The largest absolute Gasteiger partial charge is 0.493 e. The van der Waals surface area contributed by atoms with Crippen molar-refractivity contribution >= 4 is 18.6 Å². The Morgan fingerprint density at radius 2 is 2.06 bits per heavy atom. The molecule has 0 aromatic heterocycles. The van der Waals surface area contributed by atoms with Gasteiger partial charge in [-0.25, -0.2) is 0 Å². The van der Waals surface area contributed by atoms with E-state index in [2.05, 4.69) is 12.6 Å². The first kappa shape index (κ1) is 12.9. The van der Waals surface area contributed by atoms with Crippen LogP contribution in [0.5, 0.6) is 5.75 Å². The fourth-order valence-corrected chi connectivity index (χ4v) is 1.32. The molecular weight excluding hydrogens is 226 g/mol. The summed E-state index contributed by atoms with van der Waals surface area (Å²) in [6, 6.07) is 6.37. The molecule has 0 saturated carbocycles. The molecule has 0 aliphatic rings. The lowest BCUT2D eigenvalue weighted by atomic mass is 10.1. The summed E-state index contributed by atoms with van der Waals surface area (Å²) in [5.41, 5.74) is 6.31. The molecule has 4 nitrogen and oxygen atoms in total. The molecule has 1 rings (SSSR count). The van der Waals surface area contributed by atoms with Crippen LogP contribution >= 0.6 is 12.6 Å². The average molecular weight is 241 g/mol. The number of nitrogens with two attached hydrogens (primary N) is 1. The molecule has 1 aromatic carbocycles. The standard InChI is InChI=1S/C11H15NO3S/c12-10(11(13)14)7-8-1-3-9(4-2-8)15-5-6-16/h1-4,10,16H,5-7,12H2,(H,13,14)/t10-/m0/s1. The van der Waals surface area contributed by atoms with Crippen molar-refractivity contribution in [1.82, 2.24) is 0 Å². The van der Waals surface area contributed by atoms with Gasteiger partial charge >= 0.3 is 5.97 Å². The molecule has 88 valence electrons. The third kappa shape index (κ3) is 4.12. The third-order valence-corrected chi connectivity index (χ3v) is 2.24. The molecule has 5 heteroatoms. The quantitative estimate of drug-likeness (QED) is 0.648. The van der Waals surface area contributed by atoms with Gasteiger partial charge in [-0.15, -0.1) is 0 Å². The minimum atomic E-state index is -0.990. The Bertz CT molecular complexity index is 340. The van der Waals surface area contributed by atoms with E-state index in [-0.39, 0.29) is 0 Å². The van der Waals surface area contributed by atoms with E-state index in [4.69, 9.17) is 15.6 Å². The second kappa shape index (κ2) is 6.40. The number of carboxylic acid groups (broad SMARTS) is 1. The molecule has 0 saturated heterocycles. The van der Waals surface area contributed by atoms with Crippen LogP contribution in [0.2, 0.25) is 0 Å². The first-order chi connectivity index (χ1) is 7.63. The third-order valence-electron chi connectivity index (χ3n) is 2.06. The van der Waals surface area contributed by atoms with Gasteiger partial charge in [-0.1, -0.05) is 12.1 Å². The summed E-state index contributed by atoms with van der Waals surface area (Å²) >= 11 is 4.03. The summed E-state index contributed by atoms with van der Waals surface area (Å²) in [7, 11) is 0. The summed E-state index contributed by atoms with van der Waals surface area (Å²) in [5, 5.41) is 8.66. The number of rotatable bonds is 6. The first-order valence-corrected chi connectivity index (χ1v) is 5.57. The highest BCUT2D eigenvalue weighted by Gasteiger charge is 2.11. The highest BCUT2D eigenvalue weighted by atomic mass is 32.1. The van der Waals surface area contributed by atoms with Gasteiger partial charge in [0.2, 0.25) is 0 Å². The molecule has 0 aliphatic carbocycles. The lowest BCUT2D eigenvalue weighted by Gasteiger charge is -2.08. The Labute approximate surface area is 99.8 Å². The maximum atomic E-state index is 10.6. The minimum absolute atomic E-state index is 0.322. The van der Waals surface area contributed by atoms with Crippen LogP contribution < -0.4 is 10.5 Å². The molecule has 0 fully saturated rings. The predicted molar refractivity (Wildman–Crippen MR) is 65.1 cm³/mol. The lowest BCUT2D eigenvalue weighted by Crippen LogP contribution is -2.32. The molecular formula is C11H15NO3S. The molecule has 0 radical (unpaired) electrons. The van der Waals surface area contributed by atoms with Crippen LogP contribution in [-0.4, -0.2) is 29.5 Å². The smallest absolute Gasteiger partial charge is 0.320 e. The van der Waals surface area contributed by atoms with Gasteiger partial charge in [-0.05, 0) is 24.1 Å². The van der Waals surface area contributed by atoms with Crippen molar-refractivity contribution in [3.05, 3.63) is 29.8 Å². The van der Waals surface area contributed by atoms with Gasteiger partial charge in [0.15, 0.2) is 0 Å². The van der Waals surface area contributed by atoms with Crippen molar-refractivity contribution in [2.45, 2.75) is 12.5 Å². The average Bonchev–Trinajstić information content (AvgIpc) is 2.28. The normalized spacial score (nSPS) is 12.1. The van der Waals surface area contributed by atoms with E-state index in [0.717, 1.165) is 11.3 Å². The zero-order chi connectivity index (χ0) is 12.0. The summed E-state index contributed by atoms with van der Waals surface area (Å²) in [6.07, 6.45) is 0.322. The van der Waals surface area contributed by atoms with E-state index >= 15 is 0 Å². The fourth-order valence-electron chi connectivity index (χ4n) is 1.23. The number of thiol groups is 1. The van der Waals surface area contributed by atoms with Crippen LogP contribution in [0.25, 0.3) is 0 Å². The van der Waals surface area contributed by atoms with Gasteiger partial charge in [0.1, 0.15) is 11.8 Å². The minimum Gasteiger partial charge on any atom is -0.493 e. The number of ether oxygens (including phenoxy) is 1. The lowest BCUT2D eigenvalue weighted by molar-refractivity contribution is -0.138. The summed E-state index contributed by atoms with van der Waals surface area (Å²) in [5.74, 6) is 0.420. The van der Waals surface area contributed by atoms with Crippen LogP contribution in [-0.2, 0) is 11.2 Å². The number of aliphatic carboxylic acids is 1. The zero-order valence-corrected chi connectivity index (χ0v) is 9.69. The van der Waals surface area contributed by atoms with Gasteiger partial charge < -0.3 is 15.6 Å². The van der Waals surface area contributed by atoms with Crippen LogP contribution in [0, 0.1) is 0 Å². The Balaban J connectivity index is 2.54. The molecule has 0 aliphatic heterocycles. The maximum Gasteiger partial charge on any atom is 0.320 e. The van der Waals surface area contributed by atoms with Crippen LogP contribution in [0.1, 0.15) is 5.56 Å². The van der Waals surface area contributed by atoms with Crippen molar-refractivity contribution in [3.63, 3.8) is 0 Å². The van der Waals surface area contributed by atoms with Crippen molar-refractivity contribution in [2.24, 2.45) is 5.73 Å². The summed E-state index contributed by atoms with van der Waals surface area (Å²) in [4.78, 5) is 10.6. The van der Waals surface area contributed by atoms with Gasteiger partial charge in [0, 0.05) is 5.75 Å². The topological polar surface area (TPSA) is 72.5 Å². The Morgan fingerprint density at radius 3 is 2.56 bits per heavy atom. The van der Waals surface area contributed by atoms with E-state index in [1.165, 1.54) is 0 Å². The molecule has 16 heavy (non-hydrogen) atoms. The van der Waals surface area contributed by atoms with Crippen LogP contribution in [0.15, 0.2) is 24.3 Å². The summed E-state index contributed by atoms with van der Waals surface area (Å²) < 4.78 is 5.34. The maximum absolute atomic E-state index is 10.6. The molecule has 1 atom stereocenters. The van der Waals surface area contributed by atoms with Crippen molar-refractivity contribution in [1.29, 1.82) is 0 Å². The first-order valence-electron chi connectivity index (χ1n) is 4.94. The number of hydrogen-bond donors (Lipinski definition) is 3. The molecule has 0 heterocycles. The molecule has 0 unspecified atom stereocenters. The van der Waals surface area contributed by atoms with Gasteiger partial charge in [-0.3, -0.25) is 4.79 Å². The number of benzene rings is 1. The van der Waals surface area contributed by atoms with Crippen LogP contribution in [0.3, 0.4) is 0 Å².